The molecule has 16 heavy (non-hydrogen) atoms. The summed E-state index contributed by atoms with van der Waals surface area (Å²) in [7, 11) is 0. The van der Waals surface area contributed by atoms with Gasteiger partial charge in [0.2, 0.25) is 0 Å². The molecule has 3 nitrogen and oxygen atoms in total. The van der Waals surface area contributed by atoms with Crippen LogP contribution in [0.4, 0.5) is 13.2 Å². The van der Waals surface area contributed by atoms with E-state index in [2.05, 4.69) is 0 Å². The molecular formula is C10H4F3NO2. The number of hydrogen-bond donors (Lipinski definition) is 1. The molecule has 0 aromatic heterocycles. The highest BCUT2D eigenvalue weighted by molar-refractivity contribution is 5.96. The topological polar surface area (TPSA) is 61.1 Å². The number of nitriles is 1. The number of nitrogens with zero attached hydrogens (tertiary/aromatic N) is 1. The first kappa shape index (κ1) is 11.8. The number of carboxylic acids is 1. The summed E-state index contributed by atoms with van der Waals surface area (Å²) in [5, 5.41) is 16.9. The minimum atomic E-state index is -1.65. The summed E-state index contributed by atoms with van der Waals surface area (Å²) in [4.78, 5) is 10.4. The van der Waals surface area contributed by atoms with Crippen molar-refractivity contribution in [1.82, 2.24) is 0 Å². The SMILES string of the molecule is N#C/C(=C\c1cc(F)c(F)c(F)c1)C(=O)O. The Morgan fingerprint density at radius 1 is 1.31 bits per heavy atom. The van der Waals surface area contributed by atoms with Crippen LogP contribution in [-0.2, 0) is 4.79 Å². The van der Waals surface area contributed by atoms with Crippen molar-refractivity contribution in [2.75, 3.05) is 0 Å². The van der Waals surface area contributed by atoms with Crippen molar-refractivity contribution in [3.8, 4) is 6.07 Å². The second-order valence-electron chi connectivity index (χ2n) is 2.77. The van der Waals surface area contributed by atoms with Crippen molar-refractivity contribution in [3.05, 3.63) is 40.7 Å². The molecule has 1 N–H and O–H groups in total. The van der Waals surface area contributed by atoms with Crippen LogP contribution in [-0.4, -0.2) is 11.1 Å². The molecule has 0 atom stereocenters. The number of benzene rings is 1. The Morgan fingerprint density at radius 2 is 1.81 bits per heavy atom. The Morgan fingerprint density at radius 3 is 2.19 bits per heavy atom. The molecule has 0 amide bonds. The van der Waals surface area contributed by atoms with Gasteiger partial charge in [-0.2, -0.15) is 5.26 Å². The molecular weight excluding hydrogens is 223 g/mol. The summed E-state index contributed by atoms with van der Waals surface area (Å²) in [6.07, 6.45) is 0.744. The van der Waals surface area contributed by atoms with Gasteiger partial charge in [0.1, 0.15) is 11.6 Å². The molecule has 0 spiro atoms. The third kappa shape index (κ3) is 2.39. The van der Waals surface area contributed by atoms with Crippen molar-refractivity contribution in [2.45, 2.75) is 0 Å². The Hall–Kier alpha value is -2.29. The van der Waals surface area contributed by atoms with Crippen molar-refractivity contribution < 1.29 is 23.1 Å². The van der Waals surface area contributed by atoms with E-state index in [4.69, 9.17) is 10.4 Å². The first-order valence-corrected chi connectivity index (χ1v) is 3.95. The largest absolute Gasteiger partial charge is 0.477 e. The molecule has 1 rings (SSSR count). The zero-order valence-electron chi connectivity index (χ0n) is 7.67. The molecule has 0 unspecified atom stereocenters. The number of halogens is 3. The molecule has 1 aromatic carbocycles. The highest BCUT2D eigenvalue weighted by Crippen LogP contribution is 2.15. The molecule has 0 saturated heterocycles. The van der Waals surface area contributed by atoms with Crippen LogP contribution in [0, 0.1) is 28.8 Å². The number of hydrogen-bond acceptors (Lipinski definition) is 2. The average molecular weight is 227 g/mol. The lowest BCUT2D eigenvalue weighted by Crippen LogP contribution is -1.98. The van der Waals surface area contributed by atoms with Crippen LogP contribution in [0.1, 0.15) is 5.56 Å². The molecule has 0 saturated carbocycles. The van der Waals surface area contributed by atoms with Gasteiger partial charge in [-0.05, 0) is 23.8 Å². The van der Waals surface area contributed by atoms with Crippen LogP contribution in [0.2, 0.25) is 0 Å². The molecule has 0 fully saturated rings. The van der Waals surface area contributed by atoms with Gasteiger partial charge in [-0.3, -0.25) is 0 Å². The monoisotopic (exact) mass is 227 g/mol. The van der Waals surface area contributed by atoms with Crippen LogP contribution < -0.4 is 0 Å². The van der Waals surface area contributed by atoms with Crippen LogP contribution in [0.3, 0.4) is 0 Å². The third-order valence-electron chi connectivity index (χ3n) is 1.67. The van der Waals surface area contributed by atoms with Gasteiger partial charge in [-0.1, -0.05) is 0 Å². The van der Waals surface area contributed by atoms with E-state index in [9.17, 15) is 18.0 Å². The number of carboxylic acid groups (broad SMARTS) is 1. The van der Waals surface area contributed by atoms with E-state index in [0.29, 0.717) is 12.1 Å². The second kappa shape index (κ2) is 4.49. The van der Waals surface area contributed by atoms with Crippen LogP contribution >= 0.6 is 0 Å². The Kier molecular flexibility index (Phi) is 3.30. The second-order valence-corrected chi connectivity index (χ2v) is 2.77. The van der Waals surface area contributed by atoms with Crippen molar-refractivity contribution in [1.29, 1.82) is 5.26 Å². The van der Waals surface area contributed by atoms with Gasteiger partial charge in [-0.25, -0.2) is 18.0 Å². The average Bonchev–Trinajstić information content (AvgIpc) is 2.21. The normalized spacial score (nSPS) is 11.0. The lowest BCUT2D eigenvalue weighted by atomic mass is 10.1. The summed E-state index contributed by atoms with van der Waals surface area (Å²) >= 11 is 0. The van der Waals surface area contributed by atoms with Gasteiger partial charge >= 0.3 is 5.97 Å². The van der Waals surface area contributed by atoms with E-state index in [1.54, 1.807) is 0 Å². The van der Waals surface area contributed by atoms with Crippen LogP contribution in [0.25, 0.3) is 6.08 Å². The van der Waals surface area contributed by atoms with Gasteiger partial charge in [0, 0.05) is 0 Å². The zero-order valence-corrected chi connectivity index (χ0v) is 7.67. The van der Waals surface area contributed by atoms with Gasteiger partial charge in [0.25, 0.3) is 0 Å². The van der Waals surface area contributed by atoms with Gasteiger partial charge in [0.05, 0.1) is 0 Å². The summed E-state index contributed by atoms with van der Waals surface area (Å²) < 4.78 is 38.0. The minimum absolute atomic E-state index is 0.240. The van der Waals surface area contributed by atoms with Crippen molar-refractivity contribution in [3.63, 3.8) is 0 Å². The van der Waals surface area contributed by atoms with Crippen LogP contribution in [0.15, 0.2) is 17.7 Å². The fourth-order valence-corrected chi connectivity index (χ4v) is 0.967. The summed E-state index contributed by atoms with van der Waals surface area (Å²) in [5.74, 6) is -6.08. The molecule has 1 aromatic rings. The minimum Gasteiger partial charge on any atom is -0.477 e. The molecule has 82 valence electrons. The summed E-state index contributed by atoms with van der Waals surface area (Å²) in [5.41, 5.74) is -0.944. The first-order chi connectivity index (χ1) is 7.45. The summed E-state index contributed by atoms with van der Waals surface area (Å²) in [6.45, 7) is 0. The Balaban J connectivity index is 3.27. The predicted molar refractivity (Wildman–Crippen MR) is 47.5 cm³/mol. The van der Waals surface area contributed by atoms with Crippen molar-refractivity contribution in [2.24, 2.45) is 0 Å². The van der Waals surface area contributed by atoms with Gasteiger partial charge in [-0.15, -0.1) is 0 Å². The van der Waals surface area contributed by atoms with E-state index in [1.165, 1.54) is 6.07 Å². The number of aliphatic carboxylic acids is 1. The highest BCUT2D eigenvalue weighted by Gasteiger charge is 2.11. The van der Waals surface area contributed by atoms with Gasteiger partial charge in [0.15, 0.2) is 17.5 Å². The Bertz CT molecular complexity index is 494. The number of carbonyl (C=O) groups is 1. The fourth-order valence-electron chi connectivity index (χ4n) is 0.967. The predicted octanol–water partition coefficient (Wildman–Crippen LogP) is 2.10. The van der Waals surface area contributed by atoms with Crippen molar-refractivity contribution >= 4 is 12.0 Å². The van der Waals surface area contributed by atoms with Gasteiger partial charge < -0.3 is 5.11 Å². The van der Waals surface area contributed by atoms with E-state index in [1.807, 2.05) is 0 Å². The maximum atomic E-state index is 12.7. The smallest absolute Gasteiger partial charge is 0.346 e. The standard InChI is InChI=1S/C10H4F3NO2/c11-7-2-5(3-8(12)9(7)13)1-6(4-14)10(15)16/h1-3H,(H,15,16)/b6-1+. The molecule has 0 heterocycles. The Labute approximate surface area is 88.0 Å². The third-order valence-corrected chi connectivity index (χ3v) is 1.67. The lowest BCUT2D eigenvalue weighted by molar-refractivity contribution is -0.132. The maximum absolute atomic E-state index is 12.7. The van der Waals surface area contributed by atoms with E-state index >= 15 is 0 Å². The molecule has 0 radical (unpaired) electrons. The lowest BCUT2D eigenvalue weighted by Gasteiger charge is -1.98. The van der Waals surface area contributed by atoms with E-state index in [0.717, 1.165) is 6.08 Å². The summed E-state index contributed by atoms with van der Waals surface area (Å²) in [6, 6.07) is 2.52. The fraction of sp³-hybridized carbons (Fsp3) is 0. The zero-order chi connectivity index (χ0) is 12.3. The highest BCUT2D eigenvalue weighted by atomic mass is 19.2. The first-order valence-electron chi connectivity index (χ1n) is 3.95. The quantitative estimate of drug-likeness (QED) is 0.478. The molecule has 6 heteroatoms. The van der Waals surface area contributed by atoms with Crippen LogP contribution in [0.5, 0.6) is 0 Å². The number of rotatable bonds is 2. The maximum Gasteiger partial charge on any atom is 0.346 e. The van der Waals surface area contributed by atoms with E-state index in [-0.39, 0.29) is 5.56 Å². The molecule has 0 aliphatic rings. The van der Waals surface area contributed by atoms with E-state index < -0.39 is 29.0 Å². The molecule has 0 aliphatic heterocycles. The molecule has 0 aliphatic carbocycles. The molecule has 0 bridgehead atoms.